The van der Waals surface area contributed by atoms with Crippen LogP contribution < -0.4 is 11.1 Å². The van der Waals surface area contributed by atoms with Gasteiger partial charge in [0.05, 0.1) is 6.04 Å². The number of hydrogen-bond donors (Lipinski definition) is 2. The topological polar surface area (TPSA) is 58.4 Å². The molecular weight excluding hydrogens is 214 g/mol. The lowest BCUT2D eigenvalue weighted by Crippen LogP contribution is -2.51. The van der Waals surface area contributed by atoms with Gasteiger partial charge in [-0.2, -0.15) is 0 Å². The molecule has 0 heterocycles. The minimum absolute atomic E-state index is 0.0328. The van der Waals surface area contributed by atoms with Gasteiger partial charge in [0, 0.05) is 12.6 Å². The molecule has 4 nitrogen and oxygen atoms in total. The number of carbonyl (C=O) groups excluding carboxylic acids is 1. The molecule has 0 rings (SSSR count). The monoisotopic (exact) mass is 243 g/mol. The summed E-state index contributed by atoms with van der Waals surface area (Å²) < 4.78 is 0. The average molecular weight is 243 g/mol. The van der Waals surface area contributed by atoms with Crippen molar-refractivity contribution in [3.8, 4) is 0 Å². The van der Waals surface area contributed by atoms with Crippen LogP contribution in [0.4, 0.5) is 0 Å². The molecule has 102 valence electrons. The maximum Gasteiger partial charge on any atom is 0.237 e. The number of hydrogen-bond acceptors (Lipinski definition) is 3. The highest BCUT2D eigenvalue weighted by atomic mass is 16.2. The summed E-state index contributed by atoms with van der Waals surface area (Å²) in [5.41, 5.74) is 5.83. The van der Waals surface area contributed by atoms with Crippen molar-refractivity contribution in [2.75, 3.05) is 20.6 Å². The molecule has 0 aromatic heterocycles. The zero-order valence-electron chi connectivity index (χ0n) is 12.2. The first kappa shape index (κ1) is 16.4. The molecule has 2 unspecified atom stereocenters. The molecule has 1 amide bonds. The summed E-state index contributed by atoms with van der Waals surface area (Å²) >= 11 is 0. The van der Waals surface area contributed by atoms with E-state index in [0.717, 1.165) is 19.4 Å². The van der Waals surface area contributed by atoms with Gasteiger partial charge in [-0.15, -0.1) is 0 Å². The van der Waals surface area contributed by atoms with E-state index < -0.39 is 0 Å². The van der Waals surface area contributed by atoms with Gasteiger partial charge in [-0.25, -0.2) is 0 Å². The third kappa shape index (κ3) is 6.03. The van der Waals surface area contributed by atoms with Gasteiger partial charge in [0.2, 0.25) is 5.91 Å². The number of nitrogens with one attached hydrogen (secondary N) is 1. The Balaban J connectivity index is 4.32. The molecule has 3 N–H and O–H groups in total. The molecule has 0 saturated heterocycles. The van der Waals surface area contributed by atoms with Crippen LogP contribution in [0, 0.1) is 5.41 Å². The second-order valence-electron chi connectivity index (χ2n) is 5.85. The van der Waals surface area contributed by atoms with Gasteiger partial charge in [-0.3, -0.25) is 4.79 Å². The Morgan fingerprint density at radius 1 is 1.41 bits per heavy atom. The van der Waals surface area contributed by atoms with Crippen molar-refractivity contribution in [2.24, 2.45) is 11.1 Å². The molecule has 0 spiro atoms. The molecule has 0 saturated carbocycles. The fraction of sp³-hybridized carbons (Fsp3) is 0.923. The van der Waals surface area contributed by atoms with Gasteiger partial charge in [-0.1, -0.05) is 27.2 Å². The van der Waals surface area contributed by atoms with Gasteiger partial charge in [0.25, 0.3) is 0 Å². The van der Waals surface area contributed by atoms with Gasteiger partial charge >= 0.3 is 0 Å². The summed E-state index contributed by atoms with van der Waals surface area (Å²) in [6.45, 7) is 9.32. The SMILES string of the molecule is CCCC(N)C(=O)NC(C)C(C)(C)CN(C)C. The summed E-state index contributed by atoms with van der Waals surface area (Å²) in [6.07, 6.45) is 1.68. The van der Waals surface area contributed by atoms with E-state index in [2.05, 4.69) is 24.1 Å². The van der Waals surface area contributed by atoms with Crippen molar-refractivity contribution in [2.45, 2.75) is 52.6 Å². The van der Waals surface area contributed by atoms with E-state index in [1.807, 2.05) is 27.9 Å². The zero-order valence-corrected chi connectivity index (χ0v) is 12.2. The number of amides is 1. The molecular formula is C13H29N3O. The minimum atomic E-state index is -0.377. The Labute approximate surface area is 106 Å². The number of nitrogens with two attached hydrogens (primary N) is 1. The molecule has 0 aliphatic heterocycles. The molecule has 0 aliphatic rings. The smallest absolute Gasteiger partial charge is 0.237 e. The van der Waals surface area contributed by atoms with E-state index in [-0.39, 0.29) is 23.4 Å². The molecule has 0 radical (unpaired) electrons. The first-order valence-corrected chi connectivity index (χ1v) is 6.41. The first-order valence-electron chi connectivity index (χ1n) is 6.41. The molecule has 0 fully saturated rings. The first-order chi connectivity index (χ1) is 7.70. The van der Waals surface area contributed by atoms with E-state index in [1.54, 1.807) is 0 Å². The van der Waals surface area contributed by atoms with Crippen molar-refractivity contribution >= 4 is 5.91 Å². The normalized spacial score (nSPS) is 15.8. The quantitative estimate of drug-likeness (QED) is 0.706. The third-order valence-electron chi connectivity index (χ3n) is 3.19. The lowest BCUT2D eigenvalue weighted by atomic mass is 9.84. The third-order valence-corrected chi connectivity index (χ3v) is 3.19. The van der Waals surface area contributed by atoms with Crippen LogP contribution in [0.5, 0.6) is 0 Å². The highest BCUT2D eigenvalue weighted by Crippen LogP contribution is 2.21. The molecule has 0 aromatic carbocycles. The number of nitrogens with zero attached hydrogens (tertiary/aromatic N) is 1. The number of rotatable bonds is 7. The van der Waals surface area contributed by atoms with Crippen molar-refractivity contribution in [3.63, 3.8) is 0 Å². The van der Waals surface area contributed by atoms with Crippen LogP contribution in [0.2, 0.25) is 0 Å². The highest BCUT2D eigenvalue weighted by molar-refractivity contribution is 5.81. The van der Waals surface area contributed by atoms with Crippen LogP contribution in [0.1, 0.15) is 40.5 Å². The highest BCUT2D eigenvalue weighted by Gasteiger charge is 2.28. The summed E-state index contributed by atoms with van der Waals surface area (Å²) in [6, 6.07) is -0.266. The Morgan fingerprint density at radius 3 is 2.35 bits per heavy atom. The van der Waals surface area contributed by atoms with Gasteiger partial charge in [0.15, 0.2) is 0 Å². The van der Waals surface area contributed by atoms with Gasteiger partial charge < -0.3 is 16.0 Å². The van der Waals surface area contributed by atoms with Crippen LogP contribution >= 0.6 is 0 Å². The standard InChI is InChI=1S/C13H29N3O/c1-7-8-11(14)12(17)15-10(2)13(3,4)9-16(5)6/h10-11H,7-9,14H2,1-6H3,(H,15,17). The largest absolute Gasteiger partial charge is 0.352 e. The minimum Gasteiger partial charge on any atom is -0.352 e. The molecule has 0 aromatic rings. The Hall–Kier alpha value is -0.610. The summed E-state index contributed by atoms with van der Waals surface area (Å²) in [5.74, 6) is -0.0359. The maximum atomic E-state index is 11.8. The number of carbonyl (C=O) groups is 1. The van der Waals surface area contributed by atoms with E-state index in [4.69, 9.17) is 5.73 Å². The van der Waals surface area contributed by atoms with Gasteiger partial charge in [-0.05, 0) is 32.9 Å². The average Bonchev–Trinajstić information content (AvgIpc) is 2.15. The molecule has 4 heteroatoms. The Bertz CT molecular complexity index is 239. The van der Waals surface area contributed by atoms with E-state index >= 15 is 0 Å². The molecule has 0 bridgehead atoms. The predicted molar refractivity (Wildman–Crippen MR) is 72.8 cm³/mol. The van der Waals surface area contributed by atoms with Crippen molar-refractivity contribution in [1.29, 1.82) is 0 Å². The van der Waals surface area contributed by atoms with Crippen molar-refractivity contribution < 1.29 is 4.79 Å². The Morgan fingerprint density at radius 2 is 1.94 bits per heavy atom. The zero-order chi connectivity index (χ0) is 13.6. The second kappa shape index (κ2) is 6.97. The fourth-order valence-corrected chi connectivity index (χ4v) is 1.91. The van der Waals surface area contributed by atoms with Crippen LogP contribution in [0.25, 0.3) is 0 Å². The predicted octanol–water partition coefficient (Wildman–Crippen LogP) is 1.21. The summed E-state index contributed by atoms with van der Waals surface area (Å²) in [4.78, 5) is 14.0. The lowest BCUT2D eigenvalue weighted by Gasteiger charge is -2.35. The molecule has 17 heavy (non-hydrogen) atoms. The van der Waals surface area contributed by atoms with Crippen LogP contribution in [0.15, 0.2) is 0 Å². The second-order valence-corrected chi connectivity index (χ2v) is 5.85. The van der Waals surface area contributed by atoms with Crippen LogP contribution in [-0.4, -0.2) is 43.5 Å². The summed E-state index contributed by atoms with van der Waals surface area (Å²) in [5, 5.41) is 3.02. The molecule has 0 aliphatic carbocycles. The molecule has 2 atom stereocenters. The van der Waals surface area contributed by atoms with E-state index in [0.29, 0.717) is 0 Å². The Kier molecular flexibility index (Phi) is 6.72. The summed E-state index contributed by atoms with van der Waals surface area (Å²) in [7, 11) is 4.08. The van der Waals surface area contributed by atoms with Crippen LogP contribution in [-0.2, 0) is 4.79 Å². The maximum absolute atomic E-state index is 11.8. The van der Waals surface area contributed by atoms with E-state index in [9.17, 15) is 4.79 Å². The van der Waals surface area contributed by atoms with E-state index in [1.165, 1.54) is 0 Å². The lowest BCUT2D eigenvalue weighted by molar-refractivity contribution is -0.124. The van der Waals surface area contributed by atoms with Crippen LogP contribution in [0.3, 0.4) is 0 Å². The van der Waals surface area contributed by atoms with Crippen molar-refractivity contribution in [1.82, 2.24) is 10.2 Å². The fourth-order valence-electron chi connectivity index (χ4n) is 1.91. The van der Waals surface area contributed by atoms with Crippen molar-refractivity contribution in [3.05, 3.63) is 0 Å². The van der Waals surface area contributed by atoms with Gasteiger partial charge in [0.1, 0.15) is 0 Å².